The highest BCUT2D eigenvalue weighted by atomic mass is 15.2. The highest BCUT2D eigenvalue weighted by Gasteiger charge is 2.49. The van der Waals surface area contributed by atoms with Crippen LogP contribution in [0.25, 0.3) is 0 Å². The third kappa shape index (κ3) is 3.10. The number of nitrogens with zero attached hydrogens (tertiary/aromatic N) is 1. The summed E-state index contributed by atoms with van der Waals surface area (Å²) in [4.78, 5) is 2.70. The summed E-state index contributed by atoms with van der Waals surface area (Å²) in [6, 6.07) is 0.741. The van der Waals surface area contributed by atoms with E-state index in [2.05, 4.69) is 39.5 Å². The molecule has 2 aliphatic rings. The second-order valence-electron chi connectivity index (χ2n) is 7.70. The van der Waals surface area contributed by atoms with Crippen LogP contribution in [0.5, 0.6) is 0 Å². The van der Waals surface area contributed by atoms with Gasteiger partial charge in [-0.05, 0) is 75.7 Å². The summed E-state index contributed by atoms with van der Waals surface area (Å²) in [7, 11) is 0. The van der Waals surface area contributed by atoms with Crippen LogP contribution >= 0.6 is 0 Å². The standard InChI is InChI=1S/C17H33N/c1-13(2)15(5)17(8-9-17)11-16-7-6-10-18(12-16)14(3)4/h13-16H,6-12H2,1-5H3. The topological polar surface area (TPSA) is 3.24 Å². The van der Waals surface area contributed by atoms with Crippen molar-refractivity contribution in [3.63, 3.8) is 0 Å². The Hall–Kier alpha value is -0.0400. The minimum atomic E-state index is 0.735. The molecule has 0 aromatic rings. The summed E-state index contributed by atoms with van der Waals surface area (Å²) in [5.41, 5.74) is 0.735. The van der Waals surface area contributed by atoms with Crippen LogP contribution in [-0.4, -0.2) is 24.0 Å². The van der Waals surface area contributed by atoms with E-state index in [9.17, 15) is 0 Å². The number of hydrogen-bond acceptors (Lipinski definition) is 1. The zero-order valence-electron chi connectivity index (χ0n) is 13.2. The van der Waals surface area contributed by atoms with E-state index in [1.807, 2.05) is 0 Å². The van der Waals surface area contributed by atoms with E-state index in [4.69, 9.17) is 0 Å². The Morgan fingerprint density at radius 2 is 1.78 bits per heavy atom. The maximum Gasteiger partial charge on any atom is 0.00387 e. The lowest BCUT2D eigenvalue weighted by atomic mass is 9.75. The zero-order chi connectivity index (χ0) is 13.3. The van der Waals surface area contributed by atoms with Crippen molar-refractivity contribution in [1.29, 1.82) is 0 Å². The van der Waals surface area contributed by atoms with Crippen molar-refractivity contribution in [3.8, 4) is 0 Å². The molecular formula is C17H33N. The maximum absolute atomic E-state index is 2.70. The fraction of sp³-hybridized carbons (Fsp3) is 1.00. The molecule has 1 aliphatic carbocycles. The summed E-state index contributed by atoms with van der Waals surface area (Å²) in [6.07, 6.45) is 7.43. The van der Waals surface area contributed by atoms with E-state index >= 15 is 0 Å². The zero-order valence-corrected chi connectivity index (χ0v) is 13.2. The Labute approximate surface area is 114 Å². The molecular weight excluding hydrogens is 218 g/mol. The molecule has 0 radical (unpaired) electrons. The Bertz CT molecular complexity index is 265. The molecule has 1 nitrogen and oxygen atoms in total. The Morgan fingerprint density at radius 1 is 1.11 bits per heavy atom. The minimum absolute atomic E-state index is 0.735. The molecule has 1 heterocycles. The predicted octanol–water partition coefficient (Wildman–Crippen LogP) is 4.57. The van der Waals surface area contributed by atoms with Crippen molar-refractivity contribution in [2.75, 3.05) is 13.1 Å². The van der Waals surface area contributed by atoms with E-state index in [0.717, 1.165) is 29.2 Å². The van der Waals surface area contributed by atoms with Gasteiger partial charge in [0, 0.05) is 12.6 Å². The number of hydrogen-bond donors (Lipinski definition) is 0. The number of piperidine rings is 1. The molecule has 0 spiro atoms. The Morgan fingerprint density at radius 3 is 2.28 bits per heavy atom. The van der Waals surface area contributed by atoms with Crippen molar-refractivity contribution in [2.24, 2.45) is 23.2 Å². The van der Waals surface area contributed by atoms with Gasteiger partial charge >= 0.3 is 0 Å². The molecule has 1 aliphatic heterocycles. The summed E-state index contributed by atoms with van der Waals surface area (Å²) in [6.45, 7) is 14.7. The minimum Gasteiger partial charge on any atom is -0.301 e. The Balaban J connectivity index is 1.89. The van der Waals surface area contributed by atoms with Gasteiger partial charge in [-0.2, -0.15) is 0 Å². The van der Waals surface area contributed by atoms with Crippen LogP contribution in [0.4, 0.5) is 0 Å². The van der Waals surface area contributed by atoms with Gasteiger partial charge in [-0.15, -0.1) is 0 Å². The van der Waals surface area contributed by atoms with Crippen LogP contribution in [0.3, 0.4) is 0 Å². The first kappa shape index (κ1) is 14.4. The molecule has 2 atom stereocenters. The largest absolute Gasteiger partial charge is 0.301 e. The second kappa shape index (κ2) is 5.53. The lowest BCUT2D eigenvalue weighted by molar-refractivity contribution is 0.105. The van der Waals surface area contributed by atoms with E-state index in [1.54, 1.807) is 0 Å². The highest BCUT2D eigenvalue weighted by Crippen LogP contribution is 2.58. The predicted molar refractivity (Wildman–Crippen MR) is 79.7 cm³/mol. The van der Waals surface area contributed by atoms with E-state index in [-0.39, 0.29) is 0 Å². The van der Waals surface area contributed by atoms with Gasteiger partial charge in [-0.3, -0.25) is 0 Å². The van der Waals surface area contributed by atoms with Crippen LogP contribution in [-0.2, 0) is 0 Å². The third-order valence-corrected chi connectivity index (χ3v) is 5.83. The van der Waals surface area contributed by atoms with Gasteiger partial charge in [0.15, 0.2) is 0 Å². The maximum atomic E-state index is 2.70. The number of rotatable bonds is 5. The molecule has 106 valence electrons. The van der Waals surface area contributed by atoms with Gasteiger partial charge in [0.05, 0.1) is 0 Å². The molecule has 0 bridgehead atoms. The van der Waals surface area contributed by atoms with E-state index in [0.29, 0.717) is 0 Å². The van der Waals surface area contributed by atoms with Gasteiger partial charge in [0.1, 0.15) is 0 Å². The smallest absolute Gasteiger partial charge is 0.00387 e. The molecule has 2 rings (SSSR count). The molecule has 0 N–H and O–H groups in total. The lowest BCUT2D eigenvalue weighted by Crippen LogP contribution is -2.41. The quantitative estimate of drug-likeness (QED) is 0.692. The van der Waals surface area contributed by atoms with Crippen LogP contribution in [0, 0.1) is 23.2 Å². The summed E-state index contributed by atoms with van der Waals surface area (Å²) >= 11 is 0. The molecule has 0 aromatic heterocycles. The molecule has 1 saturated carbocycles. The lowest BCUT2D eigenvalue weighted by Gasteiger charge is -2.38. The second-order valence-corrected chi connectivity index (χ2v) is 7.70. The first-order valence-electron chi connectivity index (χ1n) is 8.18. The van der Waals surface area contributed by atoms with Crippen LogP contribution in [0.1, 0.15) is 66.7 Å². The molecule has 0 aromatic carbocycles. The molecule has 18 heavy (non-hydrogen) atoms. The van der Waals surface area contributed by atoms with Crippen molar-refractivity contribution < 1.29 is 0 Å². The SMILES string of the molecule is CC(C)C(C)C1(CC2CCCN(C(C)C)C2)CC1. The van der Waals surface area contributed by atoms with Gasteiger partial charge < -0.3 is 4.90 Å². The van der Waals surface area contributed by atoms with Crippen molar-refractivity contribution in [3.05, 3.63) is 0 Å². The first-order valence-corrected chi connectivity index (χ1v) is 8.18. The van der Waals surface area contributed by atoms with E-state index < -0.39 is 0 Å². The van der Waals surface area contributed by atoms with E-state index in [1.165, 1.54) is 45.2 Å². The van der Waals surface area contributed by atoms with Crippen LogP contribution in [0.15, 0.2) is 0 Å². The summed E-state index contributed by atoms with van der Waals surface area (Å²) < 4.78 is 0. The van der Waals surface area contributed by atoms with Crippen molar-refractivity contribution >= 4 is 0 Å². The fourth-order valence-electron chi connectivity index (χ4n) is 4.02. The van der Waals surface area contributed by atoms with Crippen LogP contribution in [0.2, 0.25) is 0 Å². The van der Waals surface area contributed by atoms with Gasteiger partial charge in [0.25, 0.3) is 0 Å². The van der Waals surface area contributed by atoms with Crippen molar-refractivity contribution in [1.82, 2.24) is 4.90 Å². The molecule has 2 unspecified atom stereocenters. The van der Waals surface area contributed by atoms with Crippen molar-refractivity contribution in [2.45, 2.75) is 72.8 Å². The first-order chi connectivity index (χ1) is 8.44. The van der Waals surface area contributed by atoms with Gasteiger partial charge in [0.2, 0.25) is 0 Å². The third-order valence-electron chi connectivity index (χ3n) is 5.83. The molecule has 1 saturated heterocycles. The molecule has 2 fully saturated rings. The average Bonchev–Trinajstić information content (AvgIpc) is 3.09. The summed E-state index contributed by atoms with van der Waals surface area (Å²) in [5.74, 6) is 2.76. The fourth-order valence-corrected chi connectivity index (χ4v) is 4.02. The normalized spacial score (nSPS) is 29.8. The highest BCUT2D eigenvalue weighted by molar-refractivity contribution is 4.99. The molecule has 0 amide bonds. The summed E-state index contributed by atoms with van der Waals surface area (Å²) in [5, 5.41) is 0. The van der Waals surface area contributed by atoms with Crippen LogP contribution < -0.4 is 0 Å². The Kier molecular flexibility index (Phi) is 4.41. The van der Waals surface area contributed by atoms with Gasteiger partial charge in [-0.25, -0.2) is 0 Å². The number of likely N-dealkylation sites (tertiary alicyclic amines) is 1. The molecule has 1 heteroatoms. The van der Waals surface area contributed by atoms with Gasteiger partial charge in [-0.1, -0.05) is 20.8 Å². The average molecular weight is 251 g/mol. The monoisotopic (exact) mass is 251 g/mol.